The minimum atomic E-state index is -0.424. The van der Waals surface area contributed by atoms with Gasteiger partial charge in [-0.3, -0.25) is 0 Å². The third kappa shape index (κ3) is 5.45. The van der Waals surface area contributed by atoms with E-state index in [1.54, 1.807) is 0 Å². The molecular weight excluding hydrogens is 388 g/mol. The predicted octanol–water partition coefficient (Wildman–Crippen LogP) is 5.52. The summed E-state index contributed by atoms with van der Waals surface area (Å²) in [6.07, 6.45) is 2.32. The van der Waals surface area contributed by atoms with Gasteiger partial charge >= 0.3 is 6.09 Å². The van der Waals surface area contributed by atoms with Gasteiger partial charge in [-0.1, -0.05) is 60.7 Å². The first-order chi connectivity index (χ1) is 15.2. The lowest BCUT2D eigenvalue weighted by Gasteiger charge is -2.10. The van der Waals surface area contributed by atoms with E-state index in [0.29, 0.717) is 13.2 Å². The lowest BCUT2D eigenvalue weighted by atomic mass is 10.1. The van der Waals surface area contributed by atoms with Gasteiger partial charge in [0.25, 0.3) is 0 Å². The SMILES string of the molecule is Cc1cccc2c(CCNC(=O)OCc3cccc(OCc4ccccc4)c3)c[nH]c12. The zero-order chi connectivity index (χ0) is 21.5. The van der Waals surface area contributed by atoms with Crippen LogP contribution in [0.2, 0.25) is 0 Å². The average Bonchev–Trinajstić information content (AvgIpc) is 3.22. The van der Waals surface area contributed by atoms with Crippen molar-refractivity contribution < 1.29 is 14.3 Å². The van der Waals surface area contributed by atoms with Crippen LogP contribution in [0.4, 0.5) is 4.79 Å². The molecule has 1 aromatic heterocycles. The van der Waals surface area contributed by atoms with E-state index in [2.05, 4.69) is 29.4 Å². The molecule has 0 unspecified atom stereocenters. The predicted molar refractivity (Wildman–Crippen MR) is 122 cm³/mol. The summed E-state index contributed by atoms with van der Waals surface area (Å²) in [4.78, 5) is 15.4. The van der Waals surface area contributed by atoms with Crippen LogP contribution < -0.4 is 10.1 Å². The number of para-hydroxylation sites is 1. The third-order valence-electron chi connectivity index (χ3n) is 5.19. The van der Waals surface area contributed by atoms with Gasteiger partial charge in [-0.05, 0) is 47.7 Å². The molecule has 0 bridgehead atoms. The van der Waals surface area contributed by atoms with Crippen molar-refractivity contribution >= 4 is 17.0 Å². The Labute approximate surface area is 182 Å². The molecule has 0 atom stereocenters. The van der Waals surface area contributed by atoms with Crippen LogP contribution in [0.15, 0.2) is 79.0 Å². The first kappa shape index (κ1) is 20.5. The summed E-state index contributed by atoms with van der Waals surface area (Å²) >= 11 is 0. The van der Waals surface area contributed by atoms with Crippen molar-refractivity contribution in [3.63, 3.8) is 0 Å². The number of ether oxygens (including phenoxy) is 2. The van der Waals surface area contributed by atoms with Gasteiger partial charge in [0.05, 0.1) is 0 Å². The molecule has 0 radical (unpaired) electrons. The zero-order valence-electron chi connectivity index (χ0n) is 17.6. The van der Waals surface area contributed by atoms with Gasteiger partial charge in [0.1, 0.15) is 19.0 Å². The summed E-state index contributed by atoms with van der Waals surface area (Å²) in [5.74, 6) is 0.750. The molecule has 2 N–H and O–H groups in total. The van der Waals surface area contributed by atoms with Crippen LogP contribution in [0.3, 0.4) is 0 Å². The molecule has 158 valence electrons. The first-order valence-electron chi connectivity index (χ1n) is 10.4. The van der Waals surface area contributed by atoms with Gasteiger partial charge in [0.2, 0.25) is 0 Å². The monoisotopic (exact) mass is 414 g/mol. The summed E-state index contributed by atoms with van der Waals surface area (Å²) in [7, 11) is 0. The number of hydrogen-bond acceptors (Lipinski definition) is 3. The smallest absolute Gasteiger partial charge is 0.407 e. The molecule has 31 heavy (non-hydrogen) atoms. The van der Waals surface area contributed by atoms with Crippen LogP contribution in [-0.2, 0) is 24.4 Å². The summed E-state index contributed by atoms with van der Waals surface area (Å²) in [5, 5.41) is 4.02. The number of H-pyrrole nitrogens is 1. The molecule has 5 nitrogen and oxygen atoms in total. The summed E-state index contributed by atoms with van der Waals surface area (Å²) < 4.78 is 11.2. The van der Waals surface area contributed by atoms with E-state index in [9.17, 15) is 4.79 Å². The second-order valence-electron chi connectivity index (χ2n) is 7.49. The number of alkyl carbamates (subject to hydrolysis) is 1. The highest BCUT2D eigenvalue weighted by molar-refractivity contribution is 5.85. The van der Waals surface area contributed by atoms with E-state index in [-0.39, 0.29) is 6.61 Å². The maximum absolute atomic E-state index is 12.1. The number of amides is 1. The van der Waals surface area contributed by atoms with E-state index >= 15 is 0 Å². The van der Waals surface area contributed by atoms with Gasteiger partial charge in [-0.15, -0.1) is 0 Å². The molecule has 0 saturated carbocycles. The van der Waals surface area contributed by atoms with E-state index < -0.39 is 6.09 Å². The number of carbonyl (C=O) groups is 1. The van der Waals surface area contributed by atoms with E-state index in [0.717, 1.165) is 28.8 Å². The van der Waals surface area contributed by atoms with E-state index in [4.69, 9.17) is 9.47 Å². The number of aryl methyl sites for hydroxylation is 1. The molecule has 0 aliphatic heterocycles. The minimum Gasteiger partial charge on any atom is -0.489 e. The van der Waals surface area contributed by atoms with Gasteiger partial charge in [0, 0.05) is 23.6 Å². The van der Waals surface area contributed by atoms with Gasteiger partial charge in [-0.25, -0.2) is 4.79 Å². The molecule has 1 amide bonds. The molecule has 0 aliphatic carbocycles. The Morgan fingerprint density at radius 2 is 1.74 bits per heavy atom. The van der Waals surface area contributed by atoms with Gasteiger partial charge in [-0.2, -0.15) is 0 Å². The molecule has 0 aliphatic rings. The molecule has 3 aromatic carbocycles. The molecule has 0 saturated heterocycles. The van der Waals surface area contributed by atoms with Crippen LogP contribution in [-0.4, -0.2) is 17.6 Å². The quantitative estimate of drug-likeness (QED) is 0.399. The Bertz CT molecular complexity index is 1150. The van der Waals surface area contributed by atoms with Gasteiger partial charge < -0.3 is 19.8 Å². The maximum atomic E-state index is 12.1. The number of aromatic amines is 1. The molecule has 0 spiro atoms. The standard InChI is InChI=1S/C26H26N2O3/c1-19-7-5-12-24-22(16-28-25(19)24)13-14-27-26(29)31-18-21-10-6-11-23(15-21)30-17-20-8-3-2-4-9-20/h2-12,15-16,28H,13-14,17-18H2,1H3,(H,27,29). The highest BCUT2D eigenvalue weighted by Gasteiger charge is 2.07. The number of fused-ring (bicyclic) bond motifs is 1. The fourth-order valence-corrected chi connectivity index (χ4v) is 3.54. The van der Waals surface area contributed by atoms with Gasteiger partial charge in [0.15, 0.2) is 0 Å². The van der Waals surface area contributed by atoms with Crippen molar-refractivity contribution in [3.8, 4) is 5.75 Å². The number of hydrogen-bond donors (Lipinski definition) is 2. The summed E-state index contributed by atoms with van der Waals surface area (Å²) in [5.41, 5.74) is 5.53. The normalized spacial score (nSPS) is 10.7. The van der Waals surface area contributed by atoms with Crippen LogP contribution in [0.5, 0.6) is 5.75 Å². The van der Waals surface area contributed by atoms with Crippen LogP contribution in [0.1, 0.15) is 22.3 Å². The summed E-state index contributed by atoms with van der Waals surface area (Å²) in [6, 6.07) is 23.8. The Kier molecular flexibility index (Phi) is 6.53. The Morgan fingerprint density at radius 1 is 0.935 bits per heavy atom. The molecule has 1 heterocycles. The Hall–Kier alpha value is -3.73. The van der Waals surface area contributed by atoms with Crippen molar-refractivity contribution in [1.29, 1.82) is 0 Å². The number of aromatic nitrogens is 1. The second kappa shape index (κ2) is 9.85. The second-order valence-corrected chi connectivity index (χ2v) is 7.49. The fraction of sp³-hybridized carbons (Fsp3) is 0.192. The first-order valence-corrected chi connectivity index (χ1v) is 10.4. The largest absolute Gasteiger partial charge is 0.489 e. The van der Waals surface area contributed by atoms with Crippen molar-refractivity contribution in [2.45, 2.75) is 26.6 Å². The number of nitrogens with one attached hydrogen (secondary N) is 2. The maximum Gasteiger partial charge on any atom is 0.407 e. The molecule has 5 heteroatoms. The molecule has 0 fully saturated rings. The zero-order valence-corrected chi connectivity index (χ0v) is 17.6. The average molecular weight is 415 g/mol. The third-order valence-corrected chi connectivity index (χ3v) is 5.19. The fourth-order valence-electron chi connectivity index (χ4n) is 3.54. The van der Waals surface area contributed by atoms with Crippen molar-refractivity contribution in [3.05, 3.63) is 101 Å². The highest BCUT2D eigenvalue weighted by atomic mass is 16.5. The minimum absolute atomic E-state index is 0.195. The molecule has 4 rings (SSSR count). The number of carbonyl (C=O) groups excluding carboxylic acids is 1. The summed E-state index contributed by atoms with van der Waals surface area (Å²) in [6.45, 7) is 3.29. The Balaban J connectivity index is 1.23. The number of rotatable bonds is 8. The van der Waals surface area contributed by atoms with Crippen molar-refractivity contribution in [2.75, 3.05) is 6.54 Å². The molecular formula is C26H26N2O3. The van der Waals surface area contributed by atoms with Crippen LogP contribution >= 0.6 is 0 Å². The van der Waals surface area contributed by atoms with E-state index in [1.807, 2.05) is 66.9 Å². The van der Waals surface area contributed by atoms with Crippen LogP contribution in [0.25, 0.3) is 10.9 Å². The van der Waals surface area contributed by atoms with Crippen LogP contribution in [0, 0.1) is 6.92 Å². The van der Waals surface area contributed by atoms with E-state index in [1.165, 1.54) is 16.5 Å². The molecule has 4 aromatic rings. The highest BCUT2D eigenvalue weighted by Crippen LogP contribution is 2.21. The number of benzene rings is 3. The lowest BCUT2D eigenvalue weighted by Crippen LogP contribution is -2.26. The Morgan fingerprint density at radius 3 is 2.61 bits per heavy atom. The van der Waals surface area contributed by atoms with Crippen molar-refractivity contribution in [1.82, 2.24) is 10.3 Å². The lowest BCUT2D eigenvalue weighted by molar-refractivity contribution is 0.139. The topological polar surface area (TPSA) is 63.4 Å². The van der Waals surface area contributed by atoms with Crippen molar-refractivity contribution in [2.24, 2.45) is 0 Å².